The fourth-order valence-electron chi connectivity index (χ4n) is 0.927. The lowest BCUT2D eigenvalue weighted by Crippen LogP contribution is -2.11. The highest BCUT2D eigenvalue weighted by Gasteiger charge is 2.18. The van der Waals surface area contributed by atoms with Gasteiger partial charge >= 0.3 is 5.97 Å². The average molecular weight is 155 g/mol. The molecule has 3 nitrogen and oxygen atoms in total. The highest BCUT2D eigenvalue weighted by atomic mass is 16.4. The summed E-state index contributed by atoms with van der Waals surface area (Å²) >= 11 is 0. The smallest absolute Gasteiger partial charge is 0.311 e. The average Bonchev–Trinajstić information content (AvgIpc) is 1.84. The first-order valence-electron chi connectivity index (χ1n) is 3.64. The summed E-state index contributed by atoms with van der Waals surface area (Å²) in [5.74, 6) is -0.486. The third-order valence-corrected chi connectivity index (χ3v) is 1.34. The summed E-state index contributed by atoms with van der Waals surface area (Å²) in [4.78, 5) is 13.4. The Morgan fingerprint density at radius 2 is 2.18 bits per heavy atom. The van der Waals surface area contributed by atoms with E-state index in [0.29, 0.717) is 12.3 Å². The maximum absolute atomic E-state index is 10.2. The highest BCUT2D eigenvalue weighted by Crippen LogP contribution is 2.11. The predicted molar refractivity (Wildman–Crippen MR) is 42.1 cm³/mol. The van der Waals surface area contributed by atoms with Gasteiger partial charge in [-0.2, -0.15) is 0 Å². The Kier molecular flexibility index (Phi) is 4.28. The fourth-order valence-corrected chi connectivity index (χ4v) is 0.927. The first-order chi connectivity index (χ1) is 5.06. The van der Waals surface area contributed by atoms with E-state index in [9.17, 15) is 4.79 Å². The third kappa shape index (κ3) is 5.41. The Labute approximate surface area is 66.9 Å². The van der Waals surface area contributed by atoms with E-state index < -0.39 is 5.97 Å². The lowest BCUT2D eigenvalue weighted by Gasteiger charge is -2.04. The molecule has 3 heteroatoms. The maximum Gasteiger partial charge on any atom is 0.311 e. The molecule has 0 amide bonds. The van der Waals surface area contributed by atoms with Crippen molar-refractivity contribution in [2.45, 2.75) is 32.7 Å². The molecule has 0 aromatic rings. The van der Waals surface area contributed by atoms with Gasteiger partial charge in [-0.25, -0.2) is 6.57 Å². The van der Waals surface area contributed by atoms with Gasteiger partial charge in [0.1, 0.15) is 6.42 Å². The Balaban J connectivity index is 3.79. The quantitative estimate of drug-likeness (QED) is 0.629. The number of carbonyl (C=O) groups is 1. The lowest BCUT2D eigenvalue weighted by molar-refractivity contribution is -0.137. The molecule has 0 saturated carbocycles. The van der Waals surface area contributed by atoms with Crippen LogP contribution in [-0.2, 0) is 4.79 Å². The molecule has 11 heavy (non-hydrogen) atoms. The topological polar surface area (TPSA) is 41.7 Å². The van der Waals surface area contributed by atoms with E-state index in [2.05, 4.69) is 4.85 Å². The van der Waals surface area contributed by atoms with Gasteiger partial charge in [0.25, 0.3) is 0 Å². The van der Waals surface area contributed by atoms with Gasteiger partial charge in [0.2, 0.25) is 6.04 Å². The fraction of sp³-hybridized carbons (Fsp3) is 0.750. The second-order valence-electron chi connectivity index (χ2n) is 3.01. The molecule has 0 aromatic heterocycles. The molecular weight excluding hydrogens is 142 g/mol. The van der Waals surface area contributed by atoms with Gasteiger partial charge in [-0.15, -0.1) is 0 Å². The van der Waals surface area contributed by atoms with Crippen LogP contribution in [0.2, 0.25) is 0 Å². The molecule has 62 valence electrons. The first kappa shape index (κ1) is 9.96. The molecule has 0 aliphatic rings. The highest BCUT2D eigenvalue weighted by molar-refractivity contribution is 5.67. The molecule has 0 radical (unpaired) electrons. The van der Waals surface area contributed by atoms with Crippen molar-refractivity contribution >= 4 is 5.97 Å². The molecule has 0 rings (SSSR count). The molecule has 0 fully saturated rings. The monoisotopic (exact) mass is 155 g/mol. The van der Waals surface area contributed by atoms with E-state index in [4.69, 9.17) is 11.7 Å². The van der Waals surface area contributed by atoms with Crippen LogP contribution in [-0.4, -0.2) is 17.1 Å². The molecule has 0 aliphatic heterocycles. The normalized spacial score (nSPS) is 12.5. The number of rotatable bonds is 4. The third-order valence-electron chi connectivity index (χ3n) is 1.34. The van der Waals surface area contributed by atoms with Gasteiger partial charge < -0.3 is 9.95 Å². The van der Waals surface area contributed by atoms with Crippen molar-refractivity contribution in [1.82, 2.24) is 0 Å². The predicted octanol–water partition coefficient (Wildman–Crippen LogP) is 1.80. The Morgan fingerprint density at radius 1 is 1.64 bits per heavy atom. The molecule has 0 aromatic carbocycles. The van der Waals surface area contributed by atoms with Crippen LogP contribution >= 0.6 is 0 Å². The molecule has 1 atom stereocenters. The number of hydrogen-bond acceptors (Lipinski definition) is 1. The van der Waals surface area contributed by atoms with Crippen LogP contribution in [0.5, 0.6) is 0 Å². The van der Waals surface area contributed by atoms with Gasteiger partial charge in [-0.05, 0) is 5.92 Å². The minimum atomic E-state index is -0.883. The van der Waals surface area contributed by atoms with E-state index in [0.717, 1.165) is 0 Å². The van der Waals surface area contributed by atoms with Gasteiger partial charge in [0, 0.05) is 6.42 Å². The zero-order valence-corrected chi connectivity index (χ0v) is 6.87. The maximum atomic E-state index is 10.2. The number of carboxylic acids is 1. The minimum Gasteiger partial charge on any atom is -0.481 e. The molecule has 0 saturated heterocycles. The van der Waals surface area contributed by atoms with Crippen molar-refractivity contribution in [2.24, 2.45) is 5.92 Å². The summed E-state index contributed by atoms with van der Waals surface area (Å²) in [6.45, 7) is 10.7. The van der Waals surface area contributed by atoms with Crippen LogP contribution in [0.15, 0.2) is 0 Å². The summed E-state index contributed by atoms with van der Waals surface area (Å²) in [6, 6.07) is -0.340. The summed E-state index contributed by atoms with van der Waals surface area (Å²) in [6.07, 6.45) is 0.650. The van der Waals surface area contributed by atoms with Gasteiger partial charge in [0.15, 0.2) is 0 Å². The van der Waals surface area contributed by atoms with Crippen molar-refractivity contribution < 1.29 is 9.90 Å². The van der Waals surface area contributed by atoms with Crippen LogP contribution in [0, 0.1) is 12.5 Å². The summed E-state index contributed by atoms with van der Waals surface area (Å²) in [5.41, 5.74) is 0. The lowest BCUT2D eigenvalue weighted by atomic mass is 10.0. The van der Waals surface area contributed by atoms with Crippen molar-refractivity contribution in [2.75, 3.05) is 0 Å². The van der Waals surface area contributed by atoms with E-state index in [1.807, 2.05) is 13.8 Å². The van der Waals surface area contributed by atoms with E-state index in [1.54, 1.807) is 0 Å². The van der Waals surface area contributed by atoms with Crippen LogP contribution in [0.25, 0.3) is 4.85 Å². The van der Waals surface area contributed by atoms with Crippen molar-refractivity contribution in [3.05, 3.63) is 11.4 Å². The SMILES string of the molecule is [C-]#[N+][C@H](CC(=O)O)CC(C)C. The van der Waals surface area contributed by atoms with Crippen LogP contribution in [0.4, 0.5) is 0 Å². The van der Waals surface area contributed by atoms with Crippen molar-refractivity contribution in [3.63, 3.8) is 0 Å². The van der Waals surface area contributed by atoms with Crippen LogP contribution in [0.3, 0.4) is 0 Å². The van der Waals surface area contributed by atoms with Crippen molar-refractivity contribution in [3.8, 4) is 0 Å². The Morgan fingerprint density at radius 3 is 2.45 bits per heavy atom. The standard InChI is InChI=1S/C8H13NO2/c1-6(2)4-7(9-3)5-8(10)11/h6-7H,4-5H2,1-2H3,(H,10,11)/t7-/m0/s1. The van der Waals surface area contributed by atoms with E-state index in [-0.39, 0.29) is 12.5 Å². The summed E-state index contributed by atoms with van der Waals surface area (Å²) in [7, 11) is 0. The van der Waals surface area contributed by atoms with Crippen molar-refractivity contribution in [1.29, 1.82) is 0 Å². The molecule has 0 spiro atoms. The van der Waals surface area contributed by atoms with Gasteiger partial charge in [-0.3, -0.25) is 4.79 Å². The van der Waals surface area contributed by atoms with Gasteiger partial charge in [0.05, 0.1) is 0 Å². The summed E-state index contributed by atoms with van der Waals surface area (Å²) in [5, 5.41) is 8.38. The van der Waals surface area contributed by atoms with Crippen LogP contribution in [0.1, 0.15) is 26.7 Å². The molecule has 0 heterocycles. The molecule has 1 N–H and O–H groups in total. The van der Waals surface area contributed by atoms with Gasteiger partial charge in [-0.1, -0.05) is 13.8 Å². The number of nitrogens with zero attached hydrogens (tertiary/aromatic N) is 1. The van der Waals surface area contributed by atoms with E-state index in [1.165, 1.54) is 0 Å². The Bertz CT molecular complexity index is 169. The second kappa shape index (κ2) is 4.73. The van der Waals surface area contributed by atoms with Crippen LogP contribution < -0.4 is 0 Å². The molecule has 0 unspecified atom stereocenters. The largest absolute Gasteiger partial charge is 0.481 e. The zero-order chi connectivity index (χ0) is 8.85. The number of hydrogen-bond donors (Lipinski definition) is 1. The minimum absolute atomic E-state index is 0.0261. The van der Waals surface area contributed by atoms with E-state index >= 15 is 0 Å². The molecular formula is C8H13NO2. The molecule has 0 bridgehead atoms. The number of aliphatic carboxylic acids is 1. The second-order valence-corrected chi connectivity index (χ2v) is 3.01. The Hall–Kier alpha value is -1.04. The first-order valence-corrected chi connectivity index (χ1v) is 3.64. The number of carboxylic acid groups (broad SMARTS) is 1. The molecule has 0 aliphatic carbocycles. The summed E-state index contributed by atoms with van der Waals surface area (Å²) < 4.78 is 0. The zero-order valence-electron chi connectivity index (χ0n) is 6.87.